The van der Waals surface area contributed by atoms with Gasteiger partial charge in [0, 0.05) is 41.3 Å². The molecule has 0 atom stereocenters. The normalized spacial score (nSPS) is 11.3. The van der Waals surface area contributed by atoms with Crippen molar-refractivity contribution in [3.63, 3.8) is 0 Å². The summed E-state index contributed by atoms with van der Waals surface area (Å²) >= 11 is 0. The van der Waals surface area contributed by atoms with Gasteiger partial charge < -0.3 is 15.0 Å². The Balaban J connectivity index is 1.90. The Bertz CT molecular complexity index is 1120. The third-order valence-electron chi connectivity index (χ3n) is 4.59. The number of benzene rings is 1. The summed E-state index contributed by atoms with van der Waals surface area (Å²) in [4.78, 5) is 13.5. The van der Waals surface area contributed by atoms with Gasteiger partial charge in [0.25, 0.3) is 0 Å². The molecule has 4 aromatic rings. The van der Waals surface area contributed by atoms with Gasteiger partial charge in [-0.1, -0.05) is 0 Å². The molecule has 27 heavy (non-hydrogen) atoms. The third-order valence-corrected chi connectivity index (χ3v) is 4.59. The van der Waals surface area contributed by atoms with Gasteiger partial charge in [0.2, 0.25) is 0 Å². The number of nitrogens with zero attached hydrogens (tertiary/aromatic N) is 4. The van der Waals surface area contributed by atoms with Gasteiger partial charge in [0.15, 0.2) is 5.82 Å². The molecule has 0 unspecified atom stereocenters. The number of nitrogen functional groups attached to an aromatic ring is 1. The summed E-state index contributed by atoms with van der Waals surface area (Å²) in [7, 11) is 1.63. The summed E-state index contributed by atoms with van der Waals surface area (Å²) in [5.41, 5.74) is 10.4. The Kier molecular flexibility index (Phi) is 4.24. The number of pyridine rings is 1. The predicted octanol–water partition coefficient (Wildman–Crippen LogP) is 4.33. The molecule has 0 saturated heterocycles. The number of nitrogens with two attached hydrogens (primary N) is 1. The van der Waals surface area contributed by atoms with Crippen molar-refractivity contribution in [1.82, 2.24) is 19.5 Å². The molecular weight excluding hydrogens is 338 g/mol. The molecule has 0 bridgehead atoms. The monoisotopic (exact) mass is 359 g/mol. The lowest BCUT2D eigenvalue weighted by Gasteiger charge is -2.09. The summed E-state index contributed by atoms with van der Waals surface area (Å²) in [6.45, 7) is 4.30. The lowest BCUT2D eigenvalue weighted by molar-refractivity contribution is 0.416. The van der Waals surface area contributed by atoms with Crippen LogP contribution in [0.3, 0.4) is 0 Å². The molecular formula is C21H21N5O. The summed E-state index contributed by atoms with van der Waals surface area (Å²) in [6, 6.07) is 9.72. The first-order chi connectivity index (χ1) is 13.1. The van der Waals surface area contributed by atoms with Gasteiger partial charge in [-0.25, -0.2) is 9.97 Å². The van der Waals surface area contributed by atoms with Crippen LogP contribution in [0, 0.1) is 0 Å². The number of hydrogen-bond acceptors (Lipinski definition) is 5. The summed E-state index contributed by atoms with van der Waals surface area (Å²) in [5, 5.41) is 1.11. The maximum atomic E-state index is 5.96. The summed E-state index contributed by atoms with van der Waals surface area (Å²) in [5.74, 6) is 1.27. The van der Waals surface area contributed by atoms with Crippen molar-refractivity contribution >= 4 is 16.6 Å². The van der Waals surface area contributed by atoms with E-state index in [0.717, 1.165) is 27.7 Å². The first kappa shape index (κ1) is 17.0. The Labute approximate surface area is 157 Å². The van der Waals surface area contributed by atoms with Crippen LogP contribution in [0.1, 0.15) is 19.9 Å². The first-order valence-electron chi connectivity index (χ1n) is 8.80. The van der Waals surface area contributed by atoms with Crippen LogP contribution in [0.5, 0.6) is 5.75 Å². The smallest absolute Gasteiger partial charge is 0.163 e. The van der Waals surface area contributed by atoms with Gasteiger partial charge in [-0.3, -0.25) is 4.98 Å². The van der Waals surface area contributed by atoms with Crippen molar-refractivity contribution in [2.75, 3.05) is 12.8 Å². The van der Waals surface area contributed by atoms with Gasteiger partial charge in [-0.15, -0.1) is 0 Å². The van der Waals surface area contributed by atoms with Crippen molar-refractivity contribution in [3.8, 4) is 28.4 Å². The Morgan fingerprint density at radius 3 is 2.70 bits per heavy atom. The average Bonchev–Trinajstić information content (AvgIpc) is 3.08. The predicted molar refractivity (Wildman–Crippen MR) is 108 cm³/mol. The van der Waals surface area contributed by atoms with Gasteiger partial charge in [-0.2, -0.15) is 0 Å². The second kappa shape index (κ2) is 6.72. The van der Waals surface area contributed by atoms with Crippen LogP contribution in [0.2, 0.25) is 0 Å². The van der Waals surface area contributed by atoms with E-state index in [9.17, 15) is 0 Å². The van der Waals surface area contributed by atoms with Gasteiger partial charge in [0.1, 0.15) is 5.75 Å². The highest BCUT2D eigenvalue weighted by Crippen LogP contribution is 2.34. The van der Waals surface area contributed by atoms with Crippen molar-refractivity contribution in [2.24, 2.45) is 0 Å². The quantitative estimate of drug-likeness (QED) is 0.549. The minimum absolute atomic E-state index is 0.320. The van der Waals surface area contributed by atoms with Crippen LogP contribution < -0.4 is 10.5 Å². The zero-order valence-electron chi connectivity index (χ0n) is 15.5. The Morgan fingerprint density at radius 2 is 1.93 bits per heavy atom. The summed E-state index contributed by atoms with van der Waals surface area (Å²) < 4.78 is 7.67. The molecule has 0 amide bonds. The molecule has 2 N–H and O–H groups in total. The zero-order chi connectivity index (χ0) is 19.0. The van der Waals surface area contributed by atoms with Crippen LogP contribution >= 0.6 is 0 Å². The van der Waals surface area contributed by atoms with E-state index in [2.05, 4.69) is 34.6 Å². The maximum absolute atomic E-state index is 5.96. The zero-order valence-corrected chi connectivity index (χ0v) is 15.5. The molecule has 3 heterocycles. The fraction of sp³-hybridized carbons (Fsp3) is 0.190. The second-order valence-corrected chi connectivity index (χ2v) is 6.66. The minimum atomic E-state index is 0.320. The molecule has 0 aliphatic carbocycles. The number of aromatic nitrogens is 4. The number of hydrogen-bond donors (Lipinski definition) is 1. The minimum Gasteiger partial charge on any atom is -0.496 e. The van der Waals surface area contributed by atoms with E-state index in [1.165, 1.54) is 0 Å². The molecule has 1 aromatic carbocycles. The molecule has 136 valence electrons. The van der Waals surface area contributed by atoms with E-state index in [1.54, 1.807) is 25.6 Å². The van der Waals surface area contributed by atoms with Crippen LogP contribution in [-0.4, -0.2) is 26.6 Å². The van der Waals surface area contributed by atoms with Gasteiger partial charge >= 0.3 is 0 Å². The van der Waals surface area contributed by atoms with Crippen LogP contribution in [0.15, 0.2) is 55.1 Å². The molecule has 6 heteroatoms. The van der Waals surface area contributed by atoms with Crippen LogP contribution in [-0.2, 0) is 0 Å². The fourth-order valence-electron chi connectivity index (χ4n) is 3.27. The average molecular weight is 359 g/mol. The molecule has 0 aliphatic heterocycles. The van der Waals surface area contributed by atoms with Crippen LogP contribution in [0.25, 0.3) is 33.5 Å². The number of methoxy groups -OCH3 is 1. The number of rotatable bonds is 4. The Morgan fingerprint density at radius 1 is 1.07 bits per heavy atom. The van der Waals surface area contributed by atoms with Crippen molar-refractivity contribution in [2.45, 2.75) is 19.9 Å². The van der Waals surface area contributed by atoms with E-state index in [4.69, 9.17) is 15.5 Å². The van der Waals surface area contributed by atoms with Crippen molar-refractivity contribution in [3.05, 3.63) is 55.1 Å². The lowest BCUT2D eigenvalue weighted by Crippen LogP contribution is -1.98. The third kappa shape index (κ3) is 2.99. The number of fused-ring (bicyclic) bond motifs is 1. The van der Waals surface area contributed by atoms with E-state index in [1.807, 2.05) is 30.5 Å². The Hall–Kier alpha value is -3.41. The maximum Gasteiger partial charge on any atom is 0.163 e. The molecule has 0 aliphatic rings. The highest BCUT2D eigenvalue weighted by atomic mass is 16.5. The fourth-order valence-corrected chi connectivity index (χ4v) is 3.27. The highest BCUT2D eigenvalue weighted by Gasteiger charge is 2.15. The van der Waals surface area contributed by atoms with E-state index >= 15 is 0 Å². The van der Waals surface area contributed by atoms with Crippen molar-refractivity contribution in [1.29, 1.82) is 0 Å². The highest BCUT2D eigenvalue weighted by molar-refractivity contribution is 5.95. The van der Waals surface area contributed by atoms with Gasteiger partial charge in [0.05, 0.1) is 30.1 Å². The first-order valence-corrected chi connectivity index (χ1v) is 8.80. The van der Waals surface area contributed by atoms with E-state index in [-0.39, 0.29) is 0 Å². The molecule has 6 nitrogen and oxygen atoms in total. The summed E-state index contributed by atoms with van der Waals surface area (Å²) in [6.07, 6.45) is 7.58. The molecule has 4 rings (SSSR count). The topological polar surface area (TPSA) is 78.9 Å². The van der Waals surface area contributed by atoms with Crippen LogP contribution in [0.4, 0.5) is 5.69 Å². The molecule has 0 fully saturated rings. The largest absolute Gasteiger partial charge is 0.496 e. The number of anilines is 1. The standard InChI is InChI=1S/C21H21N5O/c1-13(2)26-12-17(15-6-8-23-11-19(15)26)18-7-9-24-21(25-18)16-10-14(22)4-5-20(16)27-3/h4-13H,22H2,1-3H3. The van der Waals surface area contributed by atoms with E-state index in [0.29, 0.717) is 23.3 Å². The van der Waals surface area contributed by atoms with Crippen molar-refractivity contribution < 1.29 is 4.74 Å². The number of ether oxygens (including phenoxy) is 1. The second-order valence-electron chi connectivity index (χ2n) is 6.66. The SMILES string of the molecule is COc1ccc(N)cc1-c1nccc(-c2cn(C(C)C)c3cnccc23)n1. The van der Waals surface area contributed by atoms with Gasteiger partial charge in [-0.05, 0) is 44.2 Å². The molecule has 0 saturated carbocycles. The lowest BCUT2D eigenvalue weighted by atomic mass is 10.1. The molecule has 0 spiro atoms. The molecule has 3 aromatic heterocycles. The van der Waals surface area contributed by atoms with E-state index < -0.39 is 0 Å². The molecule has 0 radical (unpaired) electrons.